The van der Waals surface area contributed by atoms with E-state index in [4.69, 9.17) is 11.6 Å². The molecule has 3 rings (SSSR count). The molecule has 8 nitrogen and oxygen atoms in total. The molecular weight excluding hydrogens is 440 g/mol. The second kappa shape index (κ2) is 9.35. The second-order valence-corrected chi connectivity index (χ2v) is 9.93. The standard InChI is InChI=1S/C21H25ClN4O4S/c1-24(2)21(28)16-7-8-18(22)19(14-16)23-20(27)15-5-4-6-17(13-15)31(29,30)26-11-9-25(3)10-12-26/h4-8,13-14H,9-12H2,1-3H3,(H,23,27). The second-order valence-electron chi connectivity index (χ2n) is 7.58. The molecule has 0 saturated carbocycles. The van der Waals surface area contributed by atoms with E-state index in [1.165, 1.54) is 45.6 Å². The van der Waals surface area contributed by atoms with Crippen molar-refractivity contribution in [2.24, 2.45) is 0 Å². The van der Waals surface area contributed by atoms with Crippen molar-refractivity contribution < 1.29 is 18.0 Å². The summed E-state index contributed by atoms with van der Waals surface area (Å²) in [6.45, 7) is 2.11. The molecule has 2 aromatic rings. The third kappa shape index (κ3) is 5.24. The Morgan fingerprint density at radius 3 is 2.32 bits per heavy atom. The van der Waals surface area contributed by atoms with Gasteiger partial charge in [-0.3, -0.25) is 9.59 Å². The van der Waals surface area contributed by atoms with Gasteiger partial charge in [-0.1, -0.05) is 17.7 Å². The van der Waals surface area contributed by atoms with Gasteiger partial charge in [0.1, 0.15) is 0 Å². The third-order valence-corrected chi connectivity index (χ3v) is 7.29. The first kappa shape index (κ1) is 23.2. The molecule has 1 aliphatic rings. The molecule has 1 saturated heterocycles. The molecule has 2 amide bonds. The van der Waals surface area contributed by atoms with Crippen LogP contribution in [0.3, 0.4) is 0 Å². The number of amides is 2. The lowest BCUT2D eigenvalue weighted by atomic mass is 10.1. The molecule has 0 spiro atoms. The summed E-state index contributed by atoms with van der Waals surface area (Å²) in [5.74, 6) is -0.751. The van der Waals surface area contributed by atoms with E-state index in [0.717, 1.165) is 0 Å². The molecule has 0 aromatic heterocycles. The average Bonchev–Trinajstić information content (AvgIpc) is 2.75. The Labute approximate surface area is 187 Å². The van der Waals surface area contributed by atoms with Gasteiger partial charge in [0.25, 0.3) is 11.8 Å². The monoisotopic (exact) mass is 464 g/mol. The predicted molar refractivity (Wildman–Crippen MR) is 120 cm³/mol. The fourth-order valence-electron chi connectivity index (χ4n) is 3.18. The zero-order valence-corrected chi connectivity index (χ0v) is 19.2. The first-order valence-electron chi connectivity index (χ1n) is 9.71. The minimum atomic E-state index is -3.70. The van der Waals surface area contributed by atoms with Crippen LogP contribution in [0.15, 0.2) is 47.4 Å². The van der Waals surface area contributed by atoms with Crippen molar-refractivity contribution in [2.45, 2.75) is 4.90 Å². The number of nitrogens with one attached hydrogen (secondary N) is 1. The molecule has 0 unspecified atom stereocenters. The molecular formula is C21H25ClN4O4S. The van der Waals surface area contributed by atoms with Gasteiger partial charge in [-0.25, -0.2) is 8.42 Å². The van der Waals surface area contributed by atoms with Gasteiger partial charge in [-0.15, -0.1) is 0 Å². The predicted octanol–water partition coefficient (Wildman–Crippen LogP) is 2.23. The molecule has 1 aliphatic heterocycles. The first-order valence-corrected chi connectivity index (χ1v) is 11.5. The Kier molecular flexibility index (Phi) is 7.00. The van der Waals surface area contributed by atoms with Crippen LogP contribution in [0.5, 0.6) is 0 Å². The zero-order valence-electron chi connectivity index (χ0n) is 17.6. The third-order valence-electron chi connectivity index (χ3n) is 5.06. The SMILES string of the molecule is CN1CCN(S(=O)(=O)c2cccc(C(=O)Nc3cc(C(=O)N(C)C)ccc3Cl)c2)CC1. The number of benzene rings is 2. The van der Waals surface area contributed by atoms with Gasteiger partial charge in [-0.2, -0.15) is 4.31 Å². The topological polar surface area (TPSA) is 90.0 Å². The smallest absolute Gasteiger partial charge is 0.255 e. The van der Waals surface area contributed by atoms with Crippen molar-refractivity contribution in [3.63, 3.8) is 0 Å². The number of rotatable bonds is 5. The molecule has 10 heteroatoms. The van der Waals surface area contributed by atoms with Gasteiger partial charge in [0.15, 0.2) is 0 Å². The number of nitrogens with zero attached hydrogens (tertiary/aromatic N) is 3. The number of hydrogen-bond donors (Lipinski definition) is 1. The van der Waals surface area contributed by atoms with Crippen LogP contribution in [-0.4, -0.2) is 81.7 Å². The Morgan fingerprint density at radius 2 is 1.68 bits per heavy atom. The summed E-state index contributed by atoms with van der Waals surface area (Å²) in [4.78, 5) is 28.5. The highest BCUT2D eigenvalue weighted by Gasteiger charge is 2.28. The number of carbonyl (C=O) groups excluding carboxylic acids is 2. The molecule has 0 aliphatic carbocycles. The Morgan fingerprint density at radius 1 is 1.00 bits per heavy atom. The molecule has 1 N–H and O–H groups in total. The van der Waals surface area contributed by atoms with Gasteiger partial charge < -0.3 is 15.1 Å². The summed E-state index contributed by atoms with van der Waals surface area (Å²) in [6, 6.07) is 10.5. The van der Waals surface area contributed by atoms with E-state index in [2.05, 4.69) is 10.2 Å². The van der Waals surface area contributed by atoms with Crippen molar-refractivity contribution in [3.8, 4) is 0 Å². The molecule has 2 aromatic carbocycles. The lowest BCUT2D eigenvalue weighted by Crippen LogP contribution is -2.47. The average molecular weight is 465 g/mol. The van der Waals surface area contributed by atoms with Crippen LogP contribution in [0.2, 0.25) is 5.02 Å². The Bertz CT molecular complexity index is 1100. The van der Waals surface area contributed by atoms with Crippen LogP contribution >= 0.6 is 11.6 Å². The molecule has 0 bridgehead atoms. The Hall–Kier alpha value is -2.46. The summed E-state index contributed by atoms with van der Waals surface area (Å²) in [6.07, 6.45) is 0. The maximum atomic E-state index is 13.0. The van der Waals surface area contributed by atoms with Crippen LogP contribution in [0, 0.1) is 0 Å². The fourth-order valence-corrected chi connectivity index (χ4v) is 4.82. The number of carbonyl (C=O) groups is 2. The van der Waals surface area contributed by atoms with Crippen molar-refractivity contribution in [1.29, 1.82) is 0 Å². The number of piperazine rings is 1. The molecule has 1 heterocycles. The van der Waals surface area contributed by atoms with Crippen molar-refractivity contribution in [3.05, 3.63) is 58.6 Å². The van der Waals surface area contributed by atoms with E-state index < -0.39 is 15.9 Å². The van der Waals surface area contributed by atoms with Crippen LogP contribution in [0.25, 0.3) is 0 Å². The number of likely N-dealkylation sites (N-methyl/N-ethyl adjacent to an activating group) is 1. The van der Waals surface area contributed by atoms with Crippen molar-refractivity contribution >= 4 is 39.1 Å². The summed E-state index contributed by atoms with van der Waals surface area (Å²) in [5.41, 5.74) is 0.818. The van der Waals surface area contributed by atoms with Crippen molar-refractivity contribution in [1.82, 2.24) is 14.1 Å². The summed E-state index contributed by atoms with van der Waals surface area (Å²) < 4.78 is 27.4. The van der Waals surface area contributed by atoms with Gasteiger partial charge >= 0.3 is 0 Å². The molecule has 1 fully saturated rings. The van der Waals surface area contributed by atoms with E-state index >= 15 is 0 Å². The van der Waals surface area contributed by atoms with Crippen LogP contribution in [0.1, 0.15) is 20.7 Å². The highest BCUT2D eigenvalue weighted by Crippen LogP contribution is 2.25. The Balaban J connectivity index is 1.83. The van der Waals surface area contributed by atoms with E-state index in [1.54, 1.807) is 20.2 Å². The van der Waals surface area contributed by atoms with Crippen LogP contribution in [0.4, 0.5) is 5.69 Å². The number of hydrogen-bond acceptors (Lipinski definition) is 5. The van der Waals surface area contributed by atoms with Gasteiger partial charge in [-0.05, 0) is 43.4 Å². The van der Waals surface area contributed by atoms with Gasteiger partial charge in [0.05, 0.1) is 15.6 Å². The molecule has 166 valence electrons. The summed E-state index contributed by atoms with van der Waals surface area (Å²) in [5, 5.41) is 2.94. The summed E-state index contributed by atoms with van der Waals surface area (Å²) >= 11 is 6.18. The van der Waals surface area contributed by atoms with E-state index in [0.29, 0.717) is 31.7 Å². The van der Waals surface area contributed by atoms with Gasteiger partial charge in [0, 0.05) is 51.4 Å². The van der Waals surface area contributed by atoms with Crippen molar-refractivity contribution in [2.75, 3.05) is 52.6 Å². The lowest BCUT2D eigenvalue weighted by molar-refractivity contribution is 0.0827. The molecule has 0 atom stereocenters. The largest absolute Gasteiger partial charge is 0.345 e. The minimum absolute atomic E-state index is 0.0623. The molecule has 0 radical (unpaired) electrons. The summed E-state index contributed by atoms with van der Waals surface area (Å²) in [7, 11) is 1.50. The fraction of sp³-hybridized carbons (Fsp3) is 0.333. The zero-order chi connectivity index (χ0) is 22.8. The quantitative estimate of drug-likeness (QED) is 0.732. The van der Waals surface area contributed by atoms with Crippen LogP contribution in [-0.2, 0) is 10.0 Å². The van der Waals surface area contributed by atoms with E-state index in [-0.39, 0.29) is 27.1 Å². The minimum Gasteiger partial charge on any atom is -0.345 e. The highest BCUT2D eigenvalue weighted by molar-refractivity contribution is 7.89. The number of sulfonamides is 1. The van der Waals surface area contributed by atoms with Gasteiger partial charge in [0.2, 0.25) is 10.0 Å². The normalized spacial score (nSPS) is 15.5. The van der Waals surface area contributed by atoms with Crippen LogP contribution < -0.4 is 5.32 Å². The maximum absolute atomic E-state index is 13.0. The molecule has 31 heavy (non-hydrogen) atoms. The highest BCUT2D eigenvalue weighted by atomic mass is 35.5. The number of anilines is 1. The van der Waals surface area contributed by atoms with E-state index in [9.17, 15) is 18.0 Å². The maximum Gasteiger partial charge on any atom is 0.255 e. The lowest BCUT2D eigenvalue weighted by Gasteiger charge is -2.31. The number of halogens is 1. The van der Waals surface area contributed by atoms with E-state index in [1.807, 2.05) is 7.05 Å². The first-order chi connectivity index (χ1) is 14.6.